The summed E-state index contributed by atoms with van der Waals surface area (Å²) in [4.78, 5) is 37.9. The standard InChI is InChI=1S/C66H120NO8P/c1-6-8-10-12-14-16-18-20-22-23-24-25-26-27-28-29-30-31-32-33-34-35-36-37-38-39-40-41-42-43-45-47-49-51-53-55-57-59-66(69)75-64(63-74-76(70,71)73-61-60-67(3,4)5)62-72-65(68)58-56-54-52-50-48-46-44-21-19-17-15-13-11-9-7-2/h8,10,14,16,20,22,24-25,27-28,30-31,64H,6-7,9,11-13,15,17-19,21,23,26,29,32-63H2,1-5H3/b10-8-,16-14-,22-20-,25-24-,28-27-,31-30-. The summed E-state index contributed by atoms with van der Waals surface area (Å²) >= 11 is 0. The Labute approximate surface area is 469 Å². The average molecular weight is 1090 g/mol. The van der Waals surface area contributed by atoms with Gasteiger partial charge < -0.3 is 27.9 Å². The third-order valence-electron chi connectivity index (χ3n) is 13.7. The van der Waals surface area contributed by atoms with E-state index in [0.29, 0.717) is 17.4 Å². The molecule has 0 fully saturated rings. The molecule has 0 saturated heterocycles. The summed E-state index contributed by atoms with van der Waals surface area (Å²) < 4.78 is 34.2. The van der Waals surface area contributed by atoms with E-state index in [1.807, 2.05) is 21.1 Å². The van der Waals surface area contributed by atoms with E-state index in [1.54, 1.807) is 0 Å². The Kier molecular flexibility index (Phi) is 55.2. The van der Waals surface area contributed by atoms with Gasteiger partial charge in [-0.15, -0.1) is 0 Å². The molecule has 442 valence electrons. The number of hydrogen-bond acceptors (Lipinski definition) is 8. The summed E-state index contributed by atoms with van der Waals surface area (Å²) in [6.45, 7) is 4.16. The first-order chi connectivity index (χ1) is 37.0. The number of phosphoric ester groups is 1. The van der Waals surface area contributed by atoms with Crippen LogP contribution in [0.1, 0.15) is 284 Å². The minimum Gasteiger partial charge on any atom is -0.756 e. The fourth-order valence-corrected chi connectivity index (χ4v) is 9.63. The number of quaternary nitrogens is 1. The molecule has 0 aliphatic carbocycles. The molecule has 0 aliphatic rings. The highest BCUT2D eigenvalue weighted by Crippen LogP contribution is 2.38. The number of esters is 2. The molecule has 0 rings (SSSR count). The van der Waals surface area contributed by atoms with Crippen molar-refractivity contribution >= 4 is 19.8 Å². The molecule has 10 heteroatoms. The highest BCUT2D eigenvalue weighted by molar-refractivity contribution is 7.45. The van der Waals surface area contributed by atoms with Crippen molar-refractivity contribution in [2.75, 3.05) is 47.5 Å². The van der Waals surface area contributed by atoms with E-state index in [9.17, 15) is 19.0 Å². The van der Waals surface area contributed by atoms with E-state index < -0.39 is 26.5 Å². The summed E-state index contributed by atoms with van der Waals surface area (Å²) in [6.07, 6.45) is 75.4. The summed E-state index contributed by atoms with van der Waals surface area (Å²) in [7, 11) is 1.18. The monoisotopic (exact) mass is 1090 g/mol. The van der Waals surface area contributed by atoms with Gasteiger partial charge in [-0.3, -0.25) is 14.2 Å². The van der Waals surface area contributed by atoms with Gasteiger partial charge in [-0.2, -0.15) is 0 Å². The lowest BCUT2D eigenvalue weighted by Crippen LogP contribution is -2.37. The van der Waals surface area contributed by atoms with Gasteiger partial charge in [0.15, 0.2) is 6.10 Å². The Morgan fingerprint density at radius 2 is 0.750 bits per heavy atom. The highest BCUT2D eigenvalue weighted by Gasteiger charge is 2.22. The van der Waals surface area contributed by atoms with Crippen molar-refractivity contribution in [2.45, 2.75) is 290 Å². The number of hydrogen-bond donors (Lipinski definition) is 0. The topological polar surface area (TPSA) is 111 Å². The Bertz CT molecular complexity index is 1510. The van der Waals surface area contributed by atoms with Crippen LogP contribution in [0.4, 0.5) is 0 Å². The second-order valence-corrected chi connectivity index (χ2v) is 23.8. The maximum Gasteiger partial charge on any atom is 0.306 e. The first-order valence-corrected chi connectivity index (χ1v) is 33.1. The number of unbranched alkanes of at least 4 members (excludes halogenated alkanes) is 32. The van der Waals surface area contributed by atoms with Gasteiger partial charge in [-0.05, 0) is 64.2 Å². The largest absolute Gasteiger partial charge is 0.756 e. The molecule has 76 heavy (non-hydrogen) atoms. The summed E-state index contributed by atoms with van der Waals surface area (Å²) in [6, 6.07) is 0. The smallest absolute Gasteiger partial charge is 0.306 e. The predicted molar refractivity (Wildman–Crippen MR) is 323 cm³/mol. The van der Waals surface area contributed by atoms with Gasteiger partial charge in [0.25, 0.3) is 7.82 Å². The maximum absolute atomic E-state index is 12.8. The Balaban J connectivity index is 3.98. The maximum atomic E-state index is 12.8. The molecule has 0 radical (unpaired) electrons. The summed E-state index contributed by atoms with van der Waals surface area (Å²) in [5.41, 5.74) is 0. The molecule has 0 aromatic carbocycles. The van der Waals surface area contributed by atoms with E-state index in [0.717, 1.165) is 77.0 Å². The minimum atomic E-state index is -4.63. The van der Waals surface area contributed by atoms with Crippen LogP contribution in [0, 0.1) is 0 Å². The van der Waals surface area contributed by atoms with Gasteiger partial charge in [0.1, 0.15) is 19.8 Å². The van der Waals surface area contributed by atoms with Crippen LogP contribution in [0.25, 0.3) is 0 Å². The van der Waals surface area contributed by atoms with Crippen LogP contribution >= 0.6 is 7.82 Å². The molecule has 0 N–H and O–H groups in total. The molecule has 0 amide bonds. The lowest BCUT2D eigenvalue weighted by Gasteiger charge is -2.28. The number of rotatable bonds is 58. The number of carbonyl (C=O) groups excluding carboxylic acids is 2. The fraction of sp³-hybridized carbons (Fsp3) is 0.788. The molecule has 9 nitrogen and oxygen atoms in total. The van der Waals surface area contributed by atoms with Gasteiger partial charge in [0.2, 0.25) is 0 Å². The van der Waals surface area contributed by atoms with Gasteiger partial charge in [-0.1, -0.05) is 279 Å². The zero-order valence-electron chi connectivity index (χ0n) is 50.2. The molecule has 0 aliphatic heterocycles. The van der Waals surface area contributed by atoms with Crippen molar-refractivity contribution in [3.8, 4) is 0 Å². The van der Waals surface area contributed by atoms with Crippen LogP contribution in [0.3, 0.4) is 0 Å². The molecule has 2 atom stereocenters. The molecule has 2 unspecified atom stereocenters. The second kappa shape index (κ2) is 57.1. The Morgan fingerprint density at radius 3 is 1.12 bits per heavy atom. The molecule has 0 spiro atoms. The molecular weight excluding hydrogens is 966 g/mol. The van der Waals surface area contributed by atoms with Gasteiger partial charge in [0.05, 0.1) is 27.7 Å². The summed E-state index contributed by atoms with van der Waals surface area (Å²) in [5, 5.41) is 0. The number of ether oxygens (including phenoxy) is 2. The van der Waals surface area contributed by atoms with Gasteiger partial charge in [0, 0.05) is 12.8 Å². The van der Waals surface area contributed by atoms with Crippen LogP contribution in [-0.2, 0) is 32.7 Å². The lowest BCUT2D eigenvalue weighted by molar-refractivity contribution is -0.870. The van der Waals surface area contributed by atoms with E-state index in [2.05, 4.69) is 86.8 Å². The predicted octanol–water partition coefficient (Wildman–Crippen LogP) is 19.4. The Hall–Kier alpha value is -2.55. The Morgan fingerprint density at radius 1 is 0.421 bits per heavy atom. The molecule has 0 aromatic rings. The summed E-state index contributed by atoms with van der Waals surface area (Å²) in [5.74, 6) is -0.821. The van der Waals surface area contributed by atoms with Crippen LogP contribution < -0.4 is 4.89 Å². The van der Waals surface area contributed by atoms with Crippen molar-refractivity contribution in [2.24, 2.45) is 0 Å². The van der Waals surface area contributed by atoms with Crippen LogP contribution in [0.5, 0.6) is 0 Å². The first-order valence-electron chi connectivity index (χ1n) is 31.6. The second-order valence-electron chi connectivity index (χ2n) is 22.4. The number of likely N-dealkylation sites (N-methyl/N-ethyl adjacent to an activating group) is 1. The van der Waals surface area contributed by atoms with Crippen LogP contribution in [-0.4, -0.2) is 70.0 Å². The average Bonchev–Trinajstić information content (AvgIpc) is 3.38. The third kappa shape index (κ3) is 60.7. The van der Waals surface area contributed by atoms with E-state index in [-0.39, 0.29) is 32.0 Å². The number of allylic oxidation sites excluding steroid dienone is 12. The molecule has 0 bridgehead atoms. The zero-order chi connectivity index (χ0) is 55.6. The van der Waals surface area contributed by atoms with Crippen molar-refractivity contribution in [3.63, 3.8) is 0 Å². The zero-order valence-corrected chi connectivity index (χ0v) is 51.1. The van der Waals surface area contributed by atoms with Crippen molar-refractivity contribution in [1.29, 1.82) is 0 Å². The molecule has 0 heterocycles. The van der Waals surface area contributed by atoms with E-state index >= 15 is 0 Å². The van der Waals surface area contributed by atoms with E-state index in [4.69, 9.17) is 18.5 Å². The lowest BCUT2D eigenvalue weighted by atomic mass is 10.0. The van der Waals surface area contributed by atoms with Gasteiger partial charge in [-0.25, -0.2) is 0 Å². The SMILES string of the molecule is CC/C=C\C/C=C\C/C=C\C/C=C\C/C=C\C/C=C\CCCCCCCCCCCCCCCCCCCCC(=O)OC(COC(=O)CCCCCCCCCCCCCCCCC)COP(=O)([O-])OCC[N+](C)(C)C. The van der Waals surface area contributed by atoms with Crippen LogP contribution in [0.2, 0.25) is 0 Å². The van der Waals surface area contributed by atoms with Crippen LogP contribution in [0.15, 0.2) is 72.9 Å². The normalized spacial score (nSPS) is 13.7. The number of carbonyl (C=O) groups is 2. The molecular formula is C66H120NO8P. The van der Waals surface area contributed by atoms with Crippen molar-refractivity contribution in [1.82, 2.24) is 0 Å². The van der Waals surface area contributed by atoms with Crippen molar-refractivity contribution < 1.29 is 42.1 Å². The molecule has 0 aromatic heterocycles. The quantitative estimate of drug-likeness (QED) is 0.0195. The fourth-order valence-electron chi connectivity index (χ4n) is 8.90. The van der Waals surface area contributed by atoms with Gasteiger partial charge >= 0.3 is 11.9 Å². The number of nitrogens with zero attached hydrogens (tertiary/aromatic N) is 1. The molecule has 0 saturated carbocycles. The van der Waals surface area contributed by atoms with Crippen molar-refractivity contribution in [3.05, 3.63) is 72.9 Å². The first kappa shape index (κ1) is 73.5. The van der Waals surface area contributed by atoms with E-state index in [1.165, 1.54) is 173 Å². The minimum absolute atomic E-state index is 0.0297. The third-order valence-corrected chi connectivity index (χ3v) is 14.7. The number of phosphoric acid groups is 1. The highest BCUT2D eigenvalue weighted by atomic mass is 31.2.